The van der Waals surface area contributed by atoms with Crippen LogP contribution in [0, 0.1) is 12.3 Å². The summed E-state index contributed by atoms with van der Waals surface area (Å²) >= 11 is 0. The normalized spacial score (nSPS) is 25.5. The molecule has 3 rings (SSSR count). The predicted molar refractivity (Wildman–Crippen MR) is 84.6 cm³/mol. The van der Waals surface area contributed by atoms with E-state index in [-0.39, 0.29) is 23.3 Å². The lowest BCUT2D eigenvalue weighted by Crippen LogP contribution is -2.52. The fourth-order valence-electron chi connectivity index (χ4n) is 3.87. The monoisotopic (exact) mass is 303 g/mol. The van der Waals surface area contributed by atoms with Gasteiger partial charge in [0.1, 0.15) is 0 Å². The SMILES string of the molecule is Cc1[nH]ccc1C(=O)N1CC[C@]2(CCCN(C(C)C)C2=O)C1. The van der Waals surface area contributed by atoms with Crippen LogP contribution in [0.25, 0.3) is 0 Å². The van der Waals surface area contributed by atoms with Crippen molar-refractivity contribution in [1.82, 2.24) is 14.8 Å². The Balaban J connectivity index is 1.78. The maximum absolute atomic E-state index is 12.9. The molecule has 1 atom stereocenters. The van der Waals surface area contributed by atoms with Gasteiger partial charge in [-0.05, 0) is 46.1 Å². The molecule has 1 aromatic rings. The number of H-pyrrole nitrogens is 1. The fraction of sp³-hybridized carbons (Fsp3) is 0.647. The molecule has 2 saturated heterocycles. The highest BCUT2D eigenvalue weighted by molar-refractivity contribution is 5.96. The molecular formula is C17H25N3O2. The topological polar surface area (TPSA) is 56.4 Å². The third-order valence-corrected chi connectivity index (χ3v) is 5.22. The lowest BCUT2D eigenvalue weighted by molar-refractivity contribution is -0.147. The van der Waals surface area contributed by atoms with Gasteiger partial charge in [0.05, 0.1) is 11.0 Å². The Labute approximate surface area is 131 Å². The van der Waals surface area contributed by atoms with Gasteiger partial charge in [0.15, 0.2) is 0 Å². The molecule has 5 nitrogen and oxygen atoms in total. The fourth-order valence-corrected chi connectivity index (χ4v) is 3.87. The van der Waals surface area contributed by atoms with Crippen LogP contribution in [0.4, 0.5) is 0 Å². The minimum Gasteiger partial charge on any atom is -0.365 e. The molecule has 2 amide bonds. The molecule has 0 aliphatic carbocycles. The number of piperidine rings is 1. The number of carbonyl (C=O) groups excluding carboxylic acids is 2. The minimum absolute atomic E-state index is 0.0464. The Bertz CT molecular complexity index is 592. The van der Waals surface area contributed by atoms with E-state index in [1.54, 1.807) is 6.20 Å². The van der Waals surface area contributed by atoms with E-state index in [2.05, 4.69) is 18.8 Å². The van der Waals surface area contributed by atoms with Gasteiger partial charge in [-0.3, -0.25) is 9.59 Å². The summed E-state index contributed by atoms with van der Waals surface area (Å²) in [6, 6.07) is 2.06. The number of aryl methyl sites for hydroxylation is 1. The largest absolute Gasteiger partial charge is 0.365 e. The molecule has 1 N–H and O–H groups in total. The first-order chi connectivity index (χ1) is 10.4. The van der Waals surface area contributed by atoms with Crippen molar-refractivity contribution in [2.45, 2.75) is 46.1 Å². The van der Waals surface area contributed by atoms with Crippen LogP contribution in [0.1, 0.15) is 49.2 Å². The molecule has 5 heteroatoms. The van der Waals surface area contributed by atoms with Gasteiger partial charge >= 0.3 is 0 Å². The number of aromatic nitrogens is 1. The highest BCUT2D eigenvalue weighted by atomic mass is 16.2. The van der Waals surface area contributed by atoms with E-state index in [0.717, 1.165) is 37.1 Å². The number of likely N-dealkylation sites (tertiary alicyclic amines) is 2. The van der Waals surface area contributed by atoms with E-state index in [9.17, 15) is 9.59 Å². The Morgan fingerprint density at radius 1 is 1.32 bits per heavy atom. The quantitative estimate of drug-likeness (QED) is 0.910. The third-order valence-electron chi connectivity index (χ3n) is 5.22. The molecular weight excluding hydrogens is 278 g/mol. The van der Waals surface area contributed by atoms with Gasteiger partial charge in [0, 0.05) is 37.6 Å². The minimum atomic E-state index is -0.345. The van der Waals surface area contributed by atoms with E-state index < -0.39 is 0 Å². The van der Waals surface area contributed by atoms with Crippen molar-refractivity contribution < 1.29 is 9.59 Å². The van der Waals surface area contributed by atoms with E-state index >= 15 is 0 Å². The van der Waals surface area contributed by atoms with Crippen molar-refractivity contribution in [2.24, 2.45) is 5.41 Å². The van der Waals surface area contributed by atoms with Crippen LogP contribution in [0.5, 0.6) is 0 Å². The number of hydrogen-bond acceptors (Lipinski definition) is 2. The second-order valence-corrected chi connectivity index (χ2v) is 6.97. The van der Waals surface area contributed by atoms with Gasteiger partial charge in [-0.2, -0.15) is 0 Å². The van der Waals surface area contributed by atoms with Crippen LogP contribution in [0.15, 0.2) is 12.3 Å². The first-order valence-electron chi connectivity index (χ1n) is 8.19. The van der Waals surface area contributed by atoms with Gasteiger partial charge in [-0.25, -0.2) is 0 Å². The summed E-state index contributed by atoms with van der Waals surface area (Å²) in [7, 11) is 0. The molecule has 0 radical (unpaired) electrons. The molecule has 2 aliphatic heterocycles. The first-order valence-corrected chi connectivity index (χ1v) is 8.19. The number of rotatable bonds is 2. The van der Waals surface area contributed by atoms with Gasteiger partial charge in [-0.1, -0.05) is 0 Å². The summed E-state index contributed by atoms with van der Waals surface area (Å²) in [5.74, 6) is 0.292. The van der Waals surface area contributed by atoms with Gasteiger partial charge in [0.2, 0.25) is 5.91 Å². The zero-order chi connectivity index (χ0) is 15.9. The molecule has 1 aromatic heterocycles. The summed E-state index contributed by atoms with van der Waals surface area (Å²) in [5, 5.41) is 0. The molecule has 120 valence electrons. The zero-order valence-electron chi connectivity index (χ0n) is 13.7. The van der Waals surface area contributed by atoms with E-state index in [4.69, 9.17) is 0 Å². The summed E-state index contributed by atoms with van der Waals surface area (Å²) in [5.41, 5.74) is 1.27. The molecule has 0 bridgehead atoms. The van der Waals surface area contributed by atoms with Crippen molar-refractivity contribution in [2.75, 3.05) is 19.6 Å². The first kappa shape index (κ1) is 15.1. The van der Waals surface area contributed by atoms with Crippen LogP contribution in [0.2, 0.25) is 0 Å². The molecule has 0 aromatic carbocycles. The average molecular weight is 303 g/mol. The van der Waals surface area contributed by atoms with Crippen molar-refractivity contribution in [3.8, 4) is 0 Å². The molecule has 3 heterocycles. The molecule has 2 fully saturated rings. The Hall–Kier alpha value is -1.78. The van der Waals surface area contributed by atoms with Crippen LogP contribution in [-0.2, 0) is 4.79 Å². The van der Waals surface area contributed by atoms with Crippen LogP contribution >= 0.6 is 0 Å². The number of amides is 2. The second-order valence-electron chi connectivity index (χ2n) is 6.97. The lowest BCUT2D eigenvalue weighted by atomic mass is 9.78. The van der Waals surface area contributed by atoms with Crippen molar-refractivity contribution in [1.29, 1.82) is 0 Å². The number of nitrogens with one attached hydrogen (secondary N) is 1. The summed E-state index contributed by atoms with van der Waals surface area (Å²) in [6.07, 6.45) is 4.53. The Kier molecular flexibility index (Phi) is 3.75. The molecule has 22 heavy (non-hydrogen) atoms. The standard InChI is InChI=1S/C17H25N3O2/c1-12(2)20-9-4-6-17(16(20)22)7-10-19(11-17)15(21)14-5-8-18-13(14)3/h5,8,12,18H,4,6-7,9-11H2,1-3H3/t17-/m1/s1. The number of carbonyl (C=O) groups is 2. The van der Waals surface area contributed by atoms with Crippen molar-refractivity contribution >= 4 is 11.8 Å². The Morgan fingerprint density at radius 2 is 2.09 bits per heavy atom. The van der Waals surface area contributed by atoms with Gasteiger partial charge in [0.25, 0.3) is 5.91 Å². The van der Waals surface area contributed by atoms with E-state index in [1.807, 2.05) is 22.8 Å². The lowest BCUT2D eigenvalue weighted by Gasteiger charge is -2.41. The summed E-state index contributed by atoms with van der Waals surface area (Å²) in [6.45, 7) is 8.14. The number of aromatic amines is 1. The van der Waals surface area contributed by atoms with Crippen LogP contribution in [-0.4, -0.2) is 52.3 Å². The predicted octanol–water partition coefficient (Wildman–Crippen LogP) is 2.19. The maximum Gasteiger partial charge on any atom is 0.255 e. The van der Waals surface area contributed by atoms with Gasteiger partial charge in [-0.15, -0.1) is 0 Å². The van der Waals surface area contributed by atoms with E-state index in [1.165, 1.54) is 0 Å². The third kappa shape index (κ3) is 2.32. The average Bonchev–Trinajstić information content (AvgIpc) is 3.09. The van der Waals surface area contributed by atoms with Crippen molar-refractivity contribution in [3.05, 3.63) is 23.5 Å². The summed E-state index contributed by atoms with van der Waals surface area (Å²) in [4.78, 5) is 32.4. The number of nitrogens with zero attached hydrogens (tertiary/aromatic N) is 2. The van der Waals surface area contributed by atoms with Crippen molar-refractivity contribution in [3.63, 3.8) is 0 Å². The highest BCUT2D eigenvalue weighted by Crippen LogP contribution is 2.41. The molecule has 0 saturated carbocycles. The smallest absolute Gasteiger partial charge is 0.255 e. The van der Waals surface area contributed by atoms with Gasteiger partial charge < -0.3 is 14.8 Å². The summed E-state index contributed by atoms with van der Waals surface area (Å²) < 4.78 is 0. The Morgan fingerprint density at radius 3 is 2.73 bits per heavy atom. The molecule has 1 spiro atoms. The maximum atomic E-state index is 12.9. The number of hydrogen-bond donors (Lipinski definition) is 1. The van der Waals surface area contributed by atoms with Crippen LogP contribution < -0.4 is 0 Å². The highest BCUT2D eigenvalue weighted by Gasteiger charge is 2.49. The molecule has 0 unspecified atom stereocenters. The van der Waals surface area contributed by atoms with Crippen LogP contribution in [0.3, 0.4) is 0 Å². The van der Waals surface area contributed by atoms with E-state index in [0.29, 0.717) is 13.1 Å². The molecule has 2 aliphatic rings. The zero-order valence-corrected chi connectivity index (χ0v) is 13.7. The second kappa shape index (κ2) is 5.45.